The molecule has 0 atom stereocenters. The average Bonchev–Trinajstić information content (AvgIpc) is 2.84. The maximum absolute atomic E-state index is 4.16. The summed E-state index contributed by atoms with van der Waals surface area (Å²) in [5.74, 6) is 0. The van der Waals surface area contributed by atoms with Crippen LogP contribution in [0, 0.1) is 0 Å². The summed E-state index contributed by atoms with van der Waals surface area (Å²) in [6.45, 7) is 4.41. The average molecular weight is 321 g/mol. The van der Waals surface area contributed by atoms with Gasteiger partial charge in [0, 0.05) is 43.1 Å². The van der Waals surface area contributed by atoms with Gasteiger partial charge in [-0.1, -0.05) is 22.5 Å². The van der Waals surface area contributed by atoms with Gasteiger partial charge in [-0.05, 0) is 18.2 Å². The van der Waals surface area contributed by atoms with Crippen LogP contribution in [-0.2, 0) is 6.54 Å². The standard InChI is InChI=1S/C14H17BrN4/c1-4-19-10-11(9-17-19)8-16-13-7-12(15)5-6-14(13)18(2)3/h4-7,9-10,16H,1,8H2,2-3H3. The molecule has 0 saturated carbocycles. The minimum Gasteiger partial charge on any atom is -0.379 e. The van der Waals surface area contributed by atoms with Gasteiger partial charge in [-0.2, -0.15) is 5.10 Å². The zero-order valence-electron chi connectivity index (χ0n) is 11.1. The molecule has 0 amide bonds. The van der Waals surface area contributed by atoms with E-state index < -0.39 is 0 Å². The van der Waals surface area contributed by atoms with Gasteiger partial charge in [0.25, 0.3) is 0 Å². The predicted molar refractivity (Wildman–Crippen MR) is 84.4 cm³/mol. The minimum atomic E-state index is 0.727. The lowest BCUT2D eigenvalue weighted by Crippen LogP contribution is -2.12. The number of nitrogens with zero attached hydrogens (tertiary/aromatic N) is 3. The van der Waals surface area contributed by atoms with Crippen molar-refractivity contribution in [2.24, 2.45) is 0 Å². The van der Waals surface area contributed by atoms with Crippen molar-refractivity contribution in [2.75, 3.05) is 24.3 Å². The van der Waals surface area contributed by atoms with Crippen molar-refractivity contribution in [3.63, 3.8) is 0 Å². The Bertz CT molecular complexity index is 575. The summed E-state index contributed by atoms with van der Waals surface area (Å²) >= 11 is 3.50. The Morgan fingerprint density at radius 2 is 2.26 bits per heavy atom. The largest absolute Gasteiger partial charge is 0.379 e. The van der Waals surface area contributed by atoms with Crippen molar-refractivity contribution < 1.29 is 0 Å². The second-order valence-electron chi connectivity index (χ2n) is 4.42. The van der Waals surface area contributed by atoms with Crippen molar-refractivity contribution in [1.29, 1.82) is 0 Å². The molecule has 0 bridgehead atoms. The number of anilines is 2. The summed E-state index contributed by atoms with van der Waals surface area (Å²) in [6, 6.07) is 6.20. The van der Waals surface area contributed by atoms with E-state index in [1.807, 2.05) is 32.6 Å². The Kier molecular flexibility index (Phi) is 4.27. The number of halogens is 1. The van der Waals surface area contributed by atoms with Gasteiger partial charge in [0.1, 0.15) is 0 Å². The summed E-state index contributed by atoms with van der Waals surface area (Å²) < 4.78 is 2.76. The number of rotatable bonds is 5. The molecule has 5 heteroatoms. The summed E-state index contributed by atoms with van der Waals surface area (Å²) in [7, 11) is 4.06. The van der Waals surface area contributed by atoms with Gasteiger partial charge in [0.2, 0.25) is 0 Å². The molecule has 19 heavy (non-hydrogen) atoms. The first-order valence-electron chi connectivity index (χ1n) is 5.96. The van der Waals surface area contributed by atoms with E-state index in [4.69, 9.17) is 0 Å². The molecule has 100 valence electrons. The van der Waals surface area contributed by atoms with Gasteiger partial charge < -0.3 is 10.2 Å². The van der Waals surface area contributed by atoms with Crippen LogP contribution in [0.25, 0.3) is 6.20 Å². The van der Waals surface area contributed by atoms with Crippen LogP contribution in [-0.4, -0.2) is 23.9 Å². The maximum atomic E-state index is 4.16. The van der Waals surface area contributed by atoms with E-state index in [1.165, 1.54) is 0 Å². The van der Waals surface area contributed by atoms with Crippen LogP contribution in [0.2, 0.25) is 0 Å². The molecule has 0 aliphatic rings. The Morgan fingerprint density at radius 1 is 1.47 bits per heavy atom. The molecule has 0 radical (unpaired) electrons. The Balaban J connectivity index is 2.14. The van der Waals surface area contributed by atoms with E-state index in [2.05, 4.69) is 50.0 Å². The van der Waals surface area contributed by atoms with E-state index in [0.717, 1.165) is 28.0 Å². The molecular formula is C14H17BrN4. The smallest absolute Gasteiger partial charge is 0.0597 e. The van der Waals surface area contributed by atoms with Crippen molar-refractivity contribution in [1.82, 2.24) is 9.78 Å². The molecule has 4 nitrogen and oxygen atoms in total. The highest BCUT2D eigenvalue weighted by Crippen LogP contribution is 2.28. The fraction of sp³-hybridized carbons (Fsp3) is 0.214. The summed E-state index contributed by atoms with van der Waals surface area (Å²) in [5, 5.41) is 7.59. The van der Waals surface area contributed by atoms with Crippen LogP contribution in [0.4, 0.5) is 11.4 Å². The zero-order chi connectivity index (χ0) is 13.8. The normalized spacial score (nSPS) is 10.3. The third-order valence-corrected chi connectivity index (χ3v) is 3.26. The van der Waals surface area contributed by atoms with Crippen LogP contribution >= 0.6 is 15.9 Å². The molecule has 1 heterocycles. The van der Waals surface area contributed by atoms with E-state index >= 15 is 0 Å². The van der Waals surface area contributed by atoms with Crippen LogP contribution in [0.3, 0.4) is 0 Å². The number of aromatic nitrogens is 2. The van der Waals surface area contributed by atoms with Gasteiger partial charge in [0.05, 0.1) is 17.6 Å². The first kappa shape index (κ1) is 13.7. The molecule has 0 saturated heterocycles. The molecule has 0 fully saturated rings. The molecule has 1 N–H and O–H groups in total. The van der Waals surface area contributed by atoms with Crippen molar-refractivity contribution in [3.05, 3.63) is 47.2 Å². The number of nitrogens with one attached hydrogen (secondary N) is 1. The fourth-order valence-electron chi connectivity index (χ4n) is 1.81. The highest BCUT2D eigenvalue weighted by atomic mass is 79.9. The number of benzene rings is 1. The Hall–Kier alpha value is -1.75. The zero-order valence-corrected chi connectivity index (χ0v) is 12.7. The van der Waals surface area contributed by atoms with Crippen LogP contribution in [0.15, 0.2) is 41.6 Å². The molecule has 1 aromatic heterocycles. The van der Waals surface area contributed by atoms with Crippen LogP contribution in [0.5, 0.6) is 0 Å². The van der Waals surface area contributed by atoms with Gasteiger partial charge in [-0.25, -0.2) is 4.68 Å². The third-order valence-electron chi connectivity index (χ3n) is 2.77. The molecule has 1 aromatic carbocycles. The van der Waals surface area contributed by atoms with Gasteiger partial charge in [-0.3, -0.25) is 0 Å². The maximum Gasteiger partial charge on any atom is 0.0597 e. The topological polar surface area (TPSA) is 33.1 Å². The first-order chi connectivity index (χ1) is 9.10. The number of hydrogen-bond acceptors (Lipinski definition) is 3. The first-order valence-corrected chi connectivity index (χ1v) is 6.76. The fourth-order valence-corrected chi connectivity index (χ4v) is 2.17. The molecule has 2 rings (SSSR count). The molecule has 0 spiro atoms. The predicted octanol–water partition coefficient (Wildman–Crippen LogP) is 3.42. The lowest BCUT2D eigenvalue weighted by Gasteiger charge is -2.18. The second kappa shape index (κ2) is 5.93. The molecular weight excluding hydrogens is 304 g/mol. The molecule has 0 unspecified atom stereocenters. The highest BCUT2D eigenvalue weighted by molar-refractivity contribution is 9.10. The number of hydrogen-bond donors (Lipinski definition) is 1. The quantitative estimate of drug-likeness (QED) is 0.916. The van der Waals surface area contributed by atoms with E-state index in [0.29, 0.717) is 0 Å². The van der Waals surface area contributed by atoms with Crippen molar-refractivity contribution >= 4 is 33.5 Å². The van der Waals surface area contributed by atoms with Gasteiger partial charge in [-0.15, -0.1) is 0 Å². The second-order valence-corrected chi connectivity index (χ2v) is 5.34. The van der Waals surface area contributed by atoms with E-state index in [9.17, 15) is 0 Å². The minimum absolute atomic E-state index is 0.727. The Morgan fingerprint density at radius 3 is 2.89 bits per heavy atom. The summed E-state index contributed by atoms with van der Waals surface area (Å²) in [4.78, 5) is 2.09. The lowest BCUT2D eigenvalue weighted by molar-refractivity contribution is 0.936. The molecule has 0 aliphatic heterocycles. The summed E-state index contributed by atoms with van der Waals surface area (Å²) in [5.41, 5.74) is 3.36. The highest BCUT2D eigenvalue weighted by Gasteiger charge is 2.05. The van der Waals surface area contributed by atoms with Gasteiger partial charge in [0.15, 0.2) is 0 Å². The summed E-state index contributed by atoms with van der Waals surface area (Å²) in [6.07, 6.45) is 5.46. The van der Waals surface area contributed by atoms with Gasteiger partial charge >= 0.3 is 0 Å². The molecule has 0 aliphatic carbocycles. The monoisotopic (exact) mass is 320 g/mol. The lowest BCUT2D eigenvalue weighted by atomic mass is 10.2. The third kappa shape index (κ3) is 3.38. The van der Waals surface area contributed by atoms with Crippen LogP contribution in [0.1, 0.15) is 5.56 Å². The molecule has 2 aromatic rings. The van der Waals surface area contributed by atoms with Crippen molar-refractivity contribution in [2.45, 2.75) is 6.54 Å². The van der Waals surface area contributed by atoms with E-state index in [-0.39, 0.29) is 0 Å². The van der Waals surface area contributed by atoms with Crippen LogP contribution < -0.4 is 10.2 Å². The Labute approximate surface area is 121 Å². The van der Waals surface area contributed by atoms with Crippen molar-refractivity contribution in [3.8, 4) is 0 Å². The van der Waals surface area contributed by atoms with E-state index in [1.54, 1.807) is 10.9 Å². The SMILES string of the molecule is C=Cn1cc(CNc2cc(Br)ccc2N(C)C)cn1.